The molecular formula is C10H12O4. The van der Waals surface area contributed by atoms with Crippen LogP contribution in [0.4, 0.5) is 0 Å². The van der Waals surface area contributed by atoms with Gasteiger partial charge in [0.2, 0.25) is 0 Å². The molecule has 0 radical (unpaired) electrons. The van der Waals surface area contributed by atoms with Crippen LogP contribution in [0.25, 0.3) is 0 Å². The average molecular weight is 196 g/mol. The molecule has 0 aliphatic carbocycles. The molecule has 4 nitrogen and oxygen atoms in total. The van der Waals surface area contributed by atoms with Gasteiger partial charge in [0.1, 0.15) is 17.1 Å². The summed E-state index contributed by atoms with van der Waals surface area (Å²) in [6.45, 7) is 3.50. The molecule has 0 aromatic heterocycles. The first-order valence-electron chi connectivity index (χ1n) is 4.23. The van der Waals surface area contributed by atoms with Crippen molar-refractivity contribution in [2.24, 2.45) is 0 Å². The highest BCUT2D eigenvalue weighted by Crippen LogP contribution is 2.34. The quantitative estimate of drug-likeness (QED) is 0.631. The number of phenolic OH excluding ortho intramolecular Hbond substituents is 1. The molecule has 0 aliphatic heterocycles. The van der Waals surface area contributed by atoms with Crippen molar-refractivity contribution in [3.8, 4) is 11.5 Å². The number of carboxylic acid groups (broad SMARTS) is 1. The van der Waals surface area contributed by atoms with Crippen LogP contribution in [0.1, 0.15) is 35.7 Å². The summed E-state index contributed by atoms with van der Waals surface area (Å²) in [5.74, 6) is -1.82. The van der Waals surface area contributed by atoms with Crippen LogP contribution >= 0.6 is 0 Å². The van der Waals surface area contributed by atoms with E-state index in [0.717, 1.165) is 0 Å². The van der Waals surface area contributed by atoms with Gasteiger partial charge in [-0.1, -0.05) is 13.8 Å². The Morgan fingerprint density at radius 1 is 1.21 bits per heavy atom. The molecule has 14 heavy (non-hydrogen) atoms. The number of carboxylic acids is 1. The maximum atomic E-state index is 10.8. The van der Waals surface area contributed by atoms with Crippen molar-refractivity contribution >= 4 is 5.97 Å². The van der Waals surface area contributed by atoms with Gasteiger partial charge in [0, 0.05) is 5.56 Å². The monoisotopic (exact) mass is 196 g/mol. The second-order valence-corrected chi connectivity index (χ2v) is 3.35. The number of aromatic hydroxyl groups is 2. The lowest BCUT2D eigenvalue weighted by molar-refractivity contribution is 0.0691. The number of rotatable bonds is 2. The molecule has 0 saturated carbocycles. The maximum Gasteiger partial charge on any atom is 0.339 e. The van der Waals surface area contributed by atoms with E-state index in [2.05, 4.69) is 0 Å². The summed E-state index contributed by atoms with van der Waals surface area (Å²) in [6, 6.07) is 2.46. The summed E-state index contributed by atoms with van der Waals surface area (Å²) in [5.41, 5.74) is 0.0394. The highest BCUT2D eigenvalue weighted by Gasteiger charge is 2.20. The van der Waals surface area contributed by atoms with Gasteiger partial charge >= 0.3 is 5.97 Å². The number of aromatic carboxylic acids is 1. The molecule has 76 valence electrons. The Morgan fingerprint density at radius 2 is 1.71 bits per heavy atom. The highest BCUT2D eigenvalue weighted by molar-refractivity contribution is 5.93. The van der Waals surface area contributed by atoms with E-state index >= 15 is 0 Å². The zero-order valence-electron chi connectivity index (χ0n) is 7.98. The molecule has 0 aliphatic rings. The second kappa shape index (κ2) is 3.57. The van der Waals surface area contributed by atoms with E-state index in [0.29, 0.717) is 0 Å². The summed E-state index contributed by atoms with van der Waals surface area (Å²) in [6.07, 6.45) is 0. The molecule has 0 spiro atoms. The van der Waals surface area contributed by atoms with E-state index in [1.54, 1.807) is 13.8 Å². The Morgan fingerprint density at radius 3 is 2.07 bits per heavy atom. The smallest absolute Gasteiger partial charge is 0.339 e. The number of hydrogen-bond acceptors (Lipinski definition) is 3. The average Bonchev–Trinajstić information content (AvgIpc) is 2.07. The number of hydrogen-bond donors (Lipinski definition) is 3. The fourth-order valence-electron chi connectivity index (χ4n) is 1.41. The van der Waals surface area contributed by atoms with Crippen molar-refractivity contribution in [3.63, 3.8) is 0 Å². The van der Waals surface area contributed by atoms with E-state index in [9.17, 15) is 15.0 Å². The van der Waals surface area contributed by atoms with Crippen LogP contribution in [-0.4, -0.2) is 21.3 Å². The van der Waals surface area contributed by atoms with Gasteiger partial charge in [-0.05, 0) is 18.1 Å². The summed E-state index contributed by atoms with van der Waals surface area (Å²) >= 11 is 0. The molecular weight excluding hydrogens is 184 g/mol. The van der Waals surface area contributed by atoms with E-state index in [4.69, 9.17) is 5.11 Å². The fraction of sp³-hybridized carbons (Fsp3) is 0.300. The summed E-state index contributed by atoms with van der Waals surface area (Å²) in [7, 11) is 0. The second-order valence-electron chi connectivity index (χ2n) is 3.35. The minimum atomic E-state index is -1.23. The third kappa shape index (κ3) is 1.64. The molecule has 0 saturated heterocycles. The van der Waals surface area contributed by atoms with Gasteiger partial charge in [0.05, 0.1) is 0 Å². The van der Waals surface area contributed by atoms with Crippen LogP contribution in [0.5, 0.6) is 11.5 Å². The first kappa shape index (κ1) is 10.4. The number of phenols is 2. The van der Waals surface area contributed by atoms with Crippen molar-refractivity contribution in [3.05, 3.63) is 23.3 Å². The minimum Gasteiger partial charge on any atom is -0.508 e. The molecule has 0 atom stereocenters. The van der Waals surface area contributed by atoms with Crippen LogP contribution in [0.2, 0.25) is 0 Å². The molecule has 0 amide bonds. The van der Waals surface area contributed by atoms with Gasteiger partial charge in [-0.3, -0.25) is 0 Å². The standard InChI is InChI=1S/C10H12O4/c1-5(2)8-6(11)3-4-7(12)9(8)10(13)14/h3-5,11-12H,1-2H3,(H,13,14). The molecule has 0 bridgehead atoms. The normalized spacial score (nSPS) is 10.5. The third-order valence-corrected chi connectivity index (χ3v) is 1.99. The van der Waals surface area contributed by atoms with Crippen molar-refractivity contribution in [2.75, 3.05) is 0 Å². The number of carbonyl (C=O) groups is 1. The SMILES string of the molecule is CC(C)c1c(O)ccc(O)c1C(=O)O. The molecule has 1 rings (SSSR count). The van der Waals surface area contributed by atoms with Crippen molar-refractivity contribution in [2.45, 2.75) is 19.8 Å². The van der Waals surface area contributed by atoms with Crippen LogP contribution < -0.4 is 0 Å². The largest absolute Gasteiger partial charge is 0.508 e. The van der Waals surface area contributed by atoms with E-state index in [1.807, 2.05) is 0 Å². The van der Waals surface area contributed by atoms with Gasteiger partial charge < -0.3 is 15.3 Å². The van der Waals surface area contributed by atoms with Crippen LogP contribution in [-0.2, 0) is 0 Å². The van der Waals surface area contributed by atoms with E-state index < -0.39 is 5.97 Å². The van der Waals surface area contributed by atoms with Gasteiger partial charge in [-0.15, -0.1) is 0 Å². The Kier molecular flexibility index (Phi) is 2.65. The first-order chi connectivity index (χ1) is 6.45. The molecule has 1 aromatic rings. The highest BCUT2D eigenvalue weighted by atomic mass is 16.4. The predicted molar refractivity (Wildman–Crippen MR) is 50.8 cm³/mol. The Hall–Kier alpha value is -1.71. The predicted octanol–water partition coefficient (Wildman–Crippen LogP) is 1.92. The Bertz CT molecular complexity index is 369. The molecule has 3 N–H and O–H groups in total. The summed E-state index contributed by atoms with van der Waals surface area (Å²) in [5, 5.41) is 27.7. The molecule has 0 unspecified atom stereocenters. The Labute approximate surface area is 81.4 Å². The summed E-state index contributed by atoms with van der Waals surface area (Å²) < 4.78 is 0. The summed E-state index contributed by atoms with van der Waals surface area (Å²) in [4.78, 5) is 10.8. The zero-order valence-corrected chi connectivity index (χ0v) is 7.98. The molecule has 0 fully saturated rings. The first-order valence-corrected chi connectivity index (χ1v) is 4.23. The van der Waals surface area contributed by atoms with E-state index in [-0.39, 0.29) is 28.5 Å². The zero-order chi connectivity index (χ0) is 10.9. The lowest BCUT2D eigenvalue weighted by Gasteiger charge is -2.12. The third-order valence-electron chi connectivity index (χ3n) is 1.99. The van der Waals surface area contributed by atoms with Gasteiger partial charge in [-0.25, -0.2) is 4.79 Å². The topological polar surface area (TPSA) is 77.8 Å². The Balaban J connectivity index is 3.50. The van der Waals surface area contributed by atoms with Crippen molar-refractivity contribution in [1.29, 1.82) is 0 Å². The van der Waals surface area contributed by atoms with Gasteiger partial charge in [0.15, 0.2) is 0 Å². The molecule has 0 heterocycles. The molecule has 4 heteroatoms. The molecule has 1 aromatic carbocycles. The van der Waals surface area contributed by atoms with Crippen LogP contribution in [0, 0.1) is 0 Å². The van der Waals surface area contributed by atoms with Gasteiger partial charge in [0.25, 0.3) is 0 Å². The van der Waals surface area contributed by atoms with Crippen molar-refractivity contribution in [1.82, 2.24) is 0 Å². The van der Waals surface area contributed by atoms with Crippen LogP contribution in [0.3, 0.4) is 0 Å². The number of benzene rings is 1. The maximum absolute atomic E-state index is 10.8. The lowest BCUT2D eigenvalue weighted by Crippen LogP contribution is -2.04. The minimum absolute atomic E-state index is 0.102. The van der Waals surface area contributed by atoms with Crippen molar-refractivity contribution < 1.29 is 20.1 Å². The fourth-order valence-corrected chi connectivity index (χ4v) is 1.41. The van der Waals surface area contributed by atoms with Gasteiger partial charge in [-0.2, -0.15) is 0 Å². The van der Waals surface area contributed by atoms with Crippen LogP contribution in [0.15, 0.2) is 12.1 Å². The van der Waals surface area contributed by atoms with E-state index in [1.165, 1.54) is 12.1 Å². The lowest BCUT2D eigenvalue weighted by atomic mass is 9.95.